The number of carbonyl (C=O) groups is 1. The van der Waals surface area contributed by atoms with Gasteiger partial charge in [0, 0.05) is 30.4 Å². The van der Waals surface area contributed by atoms with Crippen molar-refractivity contribution in [1.82, 2.24) is 10.6 Å². The van der Waals surface area contributed by atoms with Crippen LogP contribution in [0.3, 0.4) is 0 Å². The van der Waals surface area contributed by atoms with Crippen molar-refractivity contribution in [2.24, 2.45) is 5.92 Å². The first-order valence-corrected chi connectivity index (χ1v) is 8.37. The number of hydrogen-bond donors (Lipinski definition) is 2. The van der Waals surface area contributed by atoms with Gasteiger partial charge in [0.2, 0.25) is 5.91 Å². The average Bonchev–Trinajstić information content (AvgIpc) is 2.45. The fourth-order valence-corrected chi connectivity index (χ4v) is 3.45. The van der Waals surface area contributed by atoms with Crippen LogP contribution in [-0.2, 0) is 4.79 Å². The standard InChI is InChI=1S/C16H24N2OS/c1-12(2)11-18-16(19)7-9-17-14-8-10-20-15-6-4-3-5-13(14)15/h3-6,12,14,17H,7-11H2,1-2H3,(H,18,19). The maximum Gasteiger partial charge on any atom is 0.221 e. The number of fused-ring (bicyclic) bond motifs is 1. The second kappa shape index (κ2) is 7.70. The second-order valence-corrected chi connectivity index (χ2v) is 6.77. The first kappa shape index (κ1) is 15.4. The van der Waals surface area contributed by atoms with E-state index in [1.165, 1.54) is 10.5 Å². The molecule has 0 saturated heterocycles. The Balaban J connectivity index is 1.77. The molecule has 20 heavy (non-hydrogen) atoms. The van der Waals surface area contributed by atoms with Crippen molar-refractivity contribution in [3.63, 3.8) is 0 Å². The Bertz CT molecular complexity index is 448. The fourth-order valence-electron chi connectivity index (χ4n) is 2.32. The Labute approximate surface area is 125 Å². The van der Waals surface area contributed by atoms with E-state index >= 15 is 0 Å². The Morgan fingerprint density at radius 1 is 1.40 bits per heavy atom. The predicted octanol–water partition coefficient (Wildman–Crippen LogP) is 2.98. The molecule has 1 aliphatic rings. The molecule has 4 heteroatoms. The minimum Gasteiger partial charge on any atom is -0.356 e. The molecule has 2 rings (SSSR count). The van der Waals surface area contributed by atoms with Crippen molar-refractivity contribution < 1.29 is 4.79 Å². The molecule has 0 bridgehead atoms. The van der Waals surface area contributed by atoms with E-state index in [0.717, 1.165) is 25.3 Å². The first-order chi connectivity index (χ1) is 9.66. The molecule has 1 aromatic carbocycles. The quantitative estimate of drug-likeness (QED) is 0.847. The normalized spacial score (nSPS) is 17.9. The molecule has 1 aliphatic heterocycles. The van der Waals surface area contributed by atoms with Crippen molar-refractivity contribution in [1.29, 1.82) is 0 Å². The van der Waals surface area contributed by atoms with Gasteiger partial charge in [-0.15, -0.1) is 11.8 Å². The van der Waals surface area contributed by atoms with Crippen LogP contribution in [0, 0.1) is 5.92 Å². The summed E-state index contributed by atoms with van der Waals surface area (Å²) in [6, 6.07) is 8.95. The third-order valence-electron chi connectivity index (χ3n) is 3.41. The lowest BCUT2D eigenvalue weighted by atomic mass is 10.0. The molecule has 1 aromatic rings. The monoisotopic (exact) mass is 292 g/mol. The van der Waals surface area contributed by atoms with E-state index in [-0.39, 0.29) is 5.91 Å². The number of thioether (sulfide) groups is 1. The summed E-state index contributed by atoms with van der Waals surface area (Å²) in [5.41, 5.74) is 1.38. The molecule has 0 aromatic heterocycles. The predicted molar refractivity (Wildman–Crippen MR) is 85.0 cm³/mol. The highest BCUT2D eigenvalue weighted by Gasteiger charge is 2.19. The van der Waals surface area contributed by atoms with Gasteiger partial charge in [0.25, 0.3) is 0 Å². The summed E-state index contributed by atoms with van der Waals surface area (Å²) in [6.45, 7) is 5.72. The van der Waals surface area contributed by atoms with Gasteiger partial charge in [-0.05, 0) is 29.7 Å². The topological polar surface area (TPSA) is 41.1 Å². The summed E-state index contributed by atoms with van der Waals surface area (Å²) in [7, 11) is 0. The molecule has 0 aliphatic carbocycles. The van der Waals surface area contributed by atoms with Crippen LogP contribution in [0.5, 0.6) is 0 Å². The highest BCUT2D eigenvalue weighted by molar-refractivity contribution is 7.99. The van der Waals surface area contributed by atoms with Gasteiger partial charge in [0.1, 0.15) is 0 Å². The molecule has 3 nitrogen and oxygen atoms in total. The van der Waals surface area contributed by atoms with E-state index in [9.17, 15) is 4.79 Å². The molecule has 2 N–H and O–H groups in total. The zero-order valence-corrected chi connectivity index (χ0v) is 13.1. The van der Waals surface area contributed by atoms with E-state index in [0.29, 0.717) is 18.4 Å². The third kappa shape index (κ3) is 4.53. The van der Waals surface area contributed by atoms with Crippen LogP contribution in [0.2, 0.25) is 0 Å². The molecule has 0 saturated carbocycles. The molecular weight excluding hydrogens is 268 g/mol. The van der Waals surface area contributed by atoms with E-state index in [1.54, 1.807) is 0 Å². The summed E-state index contributed by atoms with van der Waals surface area (Å²) in [6.07, 6.45) is 1.69. The summed E-state index contributed by atoms with van der Waals surface area (Å²) in [4.78, 5) is 13.1. The lowest BCUT2D eigenvalue weighted by Gasteiger charge is -2.26. The van der Waals surface area contributed by atoms with Crippen LogP contribution in [0.15, 0.2) is 29.2 Å². The minimum absolute atomic E-state index is 0.143. The highest BCUT2D eigenvalue weighted by Crippen LogP contribution is 2.35. The Morgan fingerprint density at radius 3 is 3.00 bits per heavy atom. The number of hydrogen-bond acceptors (Lipinski definition) is 3. The second-order valence-electron chi connectivity index (χ2n) is 5.63. The van der Waals surface area contributed by atoms with Crippen LogP contribution in [-0.4, -0.2) is 24.7 Å². The van der Waals surface area contributed by atoms with E-state index in [1.807, 2.05) is 11.8 Å². The van der Waals surface area contributed by atoms with Gasteiger partial charge in [-0.3, -0.25) is 4.79 Å². The molecule has 0 radical (unpaired) electrons. The number of benzene rings is 1. The van der Waals surface area contributed by atoms with Crippen molar-refractivity contribution in [3.8, 4) is 0 Å². The molecule has 0 spiro atoms. The van der Waals surface area contributed by atoms with Gasteiger partial charge in [-0.2, -0.15) is 0 Å². The maximum absolute atomic E-state index is 11.7. The summed E-state index contributed by atoms with van der Waals surface area (Å²) in [5.74, 6) is 1.80. The number of amides is 1. The summed E-state index contributed by atoms with van der Waals surface area (Å²) >= 11 is 1.92. The van der Waals surface area contributed by atoms with Gasteiger partial charge in [-0.25, -0.2) is 0 Å². The molecule has 1 unspecified atom stereocenters. The maximum atomic E-state index is 11.7. The van der Waals surface area contributed by atoms with Gasteiger partial charge >= 0.3 is 0 Å². The number of carbonyl (C=O) groups excluding carboxylic acids is 1. The average molecular weight is 292 g/mol. The SMILES string of the molecule is CC(C)CNC(=O)CCNC1CCSc2ccccc21. The lowest BCUT2D eigenvalue weighted by molar-refractivity contribution is -0.121. The van der Waals surface area contributed by atoms with Gasteiger partial charge in [-0.1, -0.05) is 32.0 Å². The van der Waals surface area contributed by atoms with Gasteiger partial charge in [0.05, 0.1) is 0 Å². The Morgan fingerprint density at radius 2 is 2.20 bits per heavy atom. The zero-order chi connectivity index (χ0) is 14.4. The van der Waals surface area contributed by atoms with Crippen LogP contribution < -0.4 is 10.6 Å². The zero-order valence-electron chi connectivity index (χ0n) is 12.3. The van der Waals surface area contributed by atoms with Crippen LogP contribution >= 0.6 is 11.8 Å². The molecule has 1 atom stereocenters. The highest BCUT2D eigenvalue weighted by atomic mass is 32.2. The molecule has 1 amide bonds. The third-order valence-corrected chi connectivity index (χ3v) is 4.53. The number of nitrogens with one attached hydrogen (secondary N) is 2. The lowest BCUT2D eigenvalue weighted by Crippen LogP contribution is -2.32. The Hall–Kier alpha value is -1.00. The Kier molecular flexibility index (Phi) is 5.92. The van der Waals surface area contributed by atoms with Crippen LogP contribution in [0.1, 0.15) is 38.3 Å². The van der Waals surface area contributed by atoms with Crippen molar-refractivity contribution >= 4 is 17.7 Å². The van der Waals surface area contributed by atoms with Crippen molar-refractivity contribution in [2.45, 2.75) is 37.6 Å². The molecular formula is C16H24N2OS. The molecule has 1 heterocycles. The van der Waals surface area contributed by atoms with Crippen LogP contribution in [0.25, 0.3) is 0 Å². The molecule has 0 fully saturated rings. The first-order valence-electron chi connectivity index (χ1n) is 7.38. The smallest absolute Gasteiger partial charge is 0.221 e. The fraction of sp³-hybridized carbons (Fsp3) is 0.562. The van der Waals surface area contributed by atoms with E-state index in [4.69, 9.17) is 0 Å². The van der Waals surface area contributed by atoms with Gasteiger partial charge in [0.15, 0.2) is 0 Å². The van der Waals surface area contributed by atoms with E-state index in [2.05, 4.69) is 48.7 Å². The van der Waals surface area contributed by atoms with Gasteiger partial charge < -0.3 is 10.6 Å². The molecule has 110 valence electrons. The summed E-state index contributed by atoms with van der Waals surface area (Å²) < 4.78 is 0. The van der Waals surface area contributed by atoms with Crippen molar-refractivity contribution in [2.75, 3.05) is 18.8 Å². The largest absolute Gasteiger partial charge is 0.356 e. The van der Waals surface area contributed by atoms with Crippen LogP contribution in [0.4, 0.5) is 0 Å². The number of rotatable bonds is 6. The minimum atomic E-state index is 0.143. The van der Waals surface area contributed by atoms with E-state index < -0.39 is 0 Å². The summed E-state index contributed by atoms with van der Waals surface area (Å²) in [5, 5.41) is 6.48. The van der Waals surface area contributed by atoms with Crippen molar-refractivity contribution in [3.05, 3.63) is 29.8 Å².